The van der Waals surface area contributed by atoms with Gasteiger partial charge in [0, 0.05) is 12.6 Å². The van der Waals surface area contributed by atoms with E-state index in [4.69, 9.17) is 5.73 Å². The van der Waals surface area contributed by atoms with Crippen LogP contribution in [0, 0.1) is 11.7 Å². The minimum Gasteiger partial charge on any atom is -0.322 e. The van der Waals surface area contributed by atoms with E-state index in [0.717, 1.165) is 25.2 Å². The van der Waals surface area contributed by atoms with Crippen LogP contribution in [0.1, 0.15) is 45.9 Å². The van der Waals surface area contributed by atoms with Gasteiger partial charge in [-0.05, 0) is 44.9 Å². The Labute approximate surface area is 116 Å². The molecular formula is C15H26FN3. The Hall–Kier alpha value is -1.00. The zero-order valence-corrected chi connectivity index (χ0v) is 12.4. The van der Waals surface area contributed by atoms with E-state index >= 15 is 0 Å². The quantitative estimate of drug-likeness (QED) is 0.826. The van der Waals surface area contributed by atoms with Crippen LogP contribution in [0.3, 0.4) is 0 Å². The van der Waals surface area contributed by atoms with Gasteiger partial charge in [0.15, 0.2) is 0 Å². The maximum atomic E-state index is 12.9. The Morgan fingerprint density at radius 2 is 2.00 bits per heavy atom. The molecule has 0 radical (unpaired) electrons. The summed E-state index contributed by atoms with van der Waals surface area (Å²) in [7, 11) is 0. The van der Waals surface area contributed by atoms with E-state index < -0.39 is 0 Å². The van der Waals surface area contributed by atoms with Gasteiger partial charge in [0.05, 0.1) is 17.9 Å². The Kier molecular flexibility index (Phi) is 6.38. The van der Waals surface area contributed by atoms with E-state index in [-0.39, 0.29) is 17.8 Å². The van der Waals surface area contributed by atoms with Crippen molar-refractivity contribution in [3.05, 3.63) is 29.8 Å². The molecule has 0 aliphatic rings. The number of halogens is 1. The van der Waals surface area contributed by atoms with Crippen molar-refractivity contribution in [2.75, 3.05) is 13.1 Å². The van der Waals surface area contributed by atoms with Crippen LogP contribution in [-0.4, -0.2) is 29.0 Å². The highest BCUT2D eigenvalue weighted by Gasteiger charge is 2.20. The molecule has 0 bridgehead atoms. The lowest BCUT2D eigenvalue weighted by Gasteiger charge is -2.31. The Morgan fingerprint density at radius 1 is 1.32 bits per heavy atom. The smallest absolute Gasteiger partial charge is 0.141 e. The van der Waals surface area contributed by atoms with Crippen LogP contribution in [-0.2, 0) is 0 Å². The monoisotopic (exact) mass is 267 g/mol. The van der Waals surface area contributed by atoms with Crippen molar-refractivity contribution in [1.82, 2.24) is 9.88 Å². The van der Waals surface area contributed by atoms with Gasteiger partial charge in [0.1, 0.15) is 5.82 Å². The average molecular weight is 267 g/mol. The van der Waals surface area contributed by atoms with Crippen LogP contribution in [0.2, 0.25) is 0 Å². The van der Waals surface area contributed by atoms with Crippen molar-refractivity contribution < 1.29 is 4.39 Å². The van der Waals surface area contributed by atoms with Crippen molar-refractivity contribution >= 4 is 0 Å². The summed E-state index contributed by atoms with van der Waals surface area (Å²) in [4.78, 5) is 6.50. The third-order valence-electron chi connectivity index (χ3n) is 3.47. The fourth-order valence-corrected chi connectivity index (χ4v) is 2.21. The molecule has 0 aliphatic heterocycles. The first kappa shape index (κ1) is 16.1. The summed E-state index contributed by atoms with van der Waals surface area (Å²) in [5.74, 6) is -0.0368. The number of hydrogen-bond acceptors (Lipinski definition) is 3. The highest BCUT2D eigenvalue weighted by atomic mass is 19.1. The van der Waals surface area contributed by atoms with E-state index in [0.29, 0.717) is 6.04 Å². The summed E-state index contributed by atoms with van der Waals surface area (Å²) < 4.78 is 12.9. The highest BCUT2D eigenvalue weighted by molar-refractivity contribution is 5.10. The van der Waals surface area contributed by atoms with Gasteiger partial charge in [0.25, 0.3) is 0 Å². The predicted molar refractivity (Wildman–Crippen MR) is 77.3 cm³/mol. The molecule has 108 valence electrons. The molecule has 0 spiro atoms. The second-order valence-electron chi connectivity index (χ2n) is 5.49. The summed E-state index contributed by atoms with van der Waals surface area (Å²) >= 11 is 0. The molecule has 1 heterocycles. The molecule has 2 N–H and O–H groups in total. The first-order chi connectivity index (χ1) is 8.95. The van der Waals surface area contributed by atoms with Crippen LogP contribution >= 0.6 is 0 Å². The molecular weight excluding hydrogens is 241 g/mol. The van der Waals surface area contributed by atoms with E-state index in [9.17, 15) is 4.39 Å². The molecule has 19 heavy (non-hydrogen) atoms. The van der Waals surface area contributed by atoms with Crippen LogP contribution in [0.4, 0.5) is 4.39 Å². The molecule has 0 fully saturated rings. The van der Waals surface area contributed by atoms with E-state index in [1.807, 2.05) is 0 Å². The molecule has 3 nitrogen and oxygen atoms in total. The number of hydrogen-bond donors (Lipinski definition) is 1. The molecule has 2 atom stereocenters. The number of rotatable bonds is 7. The van der Waals surface area contributed by atoms with Gasteiger partial charge in [-0.15, -0.1) is 0 Å². The van der Waals surface area contributed by atoms with E-state index in [2.05, 4.69) is 37.6 Å². The second kappa shape index (κ2) is 7.56. The van der Waals surface area contributed by atoms with Crippen LogP contribution in [0.5, 0.6) is 0 Å². The van der Waals surface area contributed by atoms with Gasteiger partial charge in [-0.3, -0.25) is 4.98 Å². The van der Waals surface area contributed by atoms with E-state index in [1.54, 1.807) is 6.07 Å². The minimum atomic E-state index is -0.321. The summed E-state index contributed by atoms with van der Waals surface area (Å²) in [6, 6.07) is 3.45. The van der Waals surface area contributed by atoms with Gasteiger partial charge in [-0.25, -0.2) is 4.39 Å². The number of pyridine rings is 1. The van der Waals surface area contributed by atoms with Crippen molar-refractivity contribution in [3.8, 4) is 0 Å². The number of aromatic nitrogens is 1. The molecule has 1 aromatic rings. The Bertz CT molecular complexity index is 364. The lowest BCUT2D eigenvalue weighted by atomic mass is 9.98. The Morgan fingerprint density at radius 3 is 2.47 bits per heavy atom. The van der Waals surface area contributed by atoms with Crippen molar-refractivity contribution in [2.45, 2.75) is 46.2 Å². The second-order valence-corrected chi connectivity index (χ2v) is 5.49. The maximum Gasteiger partial charge on any atom is 0.141 e. The molecule has 0 saturated carbocycles. The molecule has 4 heteroatoms. The molecule has 0 aliphatic carbocycles. The average Bonchev–Trinajstić information content (AvgIpc) is 2.38. The lowest BCUT2D eigenvalue weighted by molar-refractivity contribution is 0.181. The van der Waals surface area contributed by atoms with Crippen LogP contribution < -0.4 is 5.73 Å². The van der Waals surface area contributed by atoms with Gasteiger partial charge in [-0.1, -0.05) is 13.8 Å². The van der Waals surface area contributed by atoms with Gasteiger partial charge >= 0.3 is 0 Å². The summed E-state index contributed by atoms with van der Waals surface area (Å²) in [6.45, 7) is 10.7. The van der Waals surface area contributed by atoms with Gasteiger partial charge < -0.3 is 10.6 Å². The largest absolute Gasteiger partial charge is 0.322 e. The lowest BCUT2D eigenvalue weighted by Crippen LogP contribution is -2.38. The fraction of sp³-hybridized carbons (Fsp3) is 0.667. The molecule has 0 aromatic carbocycles. The first-order valence-electron chi connectivity index (χ1n) is 7.06. The zero-order valence-electron chi connectivity index (χ0n) is 12.4. The molecule has 0 saturated heterocycles. The zero-order chi connectivity index (χ0) is 14.4. The normalized spacial score (nSPS) is 14.9. The topological polar surface area (TPSA) is 42.1 Å². The van der Waals surface area contributed by atoms with Crippen molar-refractivity contribution in [3.63, 3.8) is 0 Å². The predicted octanol–water partition coefficient (Wildman–Crippen LogP) is 2.98. The minimum absolute atomic E-state index is 0.154. The van der Waals surface area contributed by atoms with Gasteiger partial charge in [0.2, 0.25) is 0 Å². The number of nitrogens with two attached hydrogens (primary N) is 1. The van der Waals surface area contributed by atoms with Gasteiger partial charge in [-0.2, -0.15) is 0 Å². The molecule has 0 amide bonds. The molecule has 1 aromatic heterocycles. The third kappa shape index (κ3) is 4.88. The first-order valence-corrected chi connectivity index (χ1v) is 7.06. The third-order valence-corrected chi connectivity index (χ3v) is 3.47. The van der Waals surface area contributed by atoms with E-state index in [1.165, 1.54) is 12.3 Å². The number of nitrogens with zero attached hydrogens (tertiary/aromatic N) is 2. The van der Waals surface area contributed by atoms with Crippen molar-refractivity contribution in [1.29, 1.82) is 0 Å². The van der Waals surface area contributed by atoms with Crippen LogP contribution in [0.15, 0.2) is 18.3 Å². The summed E-state index contributed by atoms with van der Waals surface area (Å²) in [5.41, 5.74) is 6.98. The summed E-state index contributed by atoms with van der Waals surface area (Å²) in [6.07, 6.45) is 2.36. The van der Waals surface area contributed by atoms with Crippen LogP contribution in [0.25, 0.3) is 0 Å². The highest BCUT2D eigenvalue weighted by Crippen LogP contribution is 2.19. The molecule has 2 unspecified atom stereocenters. The standard InChI is InChI=1S/C15H26FN3/c1-5-8-19(11(2)3)10-12(4)15(17)14-7-6-13(16)9-18-14/h6-7,9,11-12,15H,5,8,10,17H2,1-4H3. The fourth-order valence-electron chi connectivity index (χ4n) is 2.21. The summed E-state index contributed by atoms with van der Waals surface area (Å²) in [5, 5.41) is 0. The molecule has 1 rings (SSSR count). The maximum absolute atomic E-state index is 12.9. The SMILES string of the molecule is CCCN(CC(C)C(N)c1ccc(F)cn1)C(C)C. The Balaban J connectivity index is 2.65. The van der Waals surface area contributed by atoms with Crippen molar-refractivity contribution in [2.24, 2.45) is 11.7 Å².